The molecule has 2 amide bonds. The number of aliphatic hydroxyl groups is 4. The van der Waals surface area contributed by atoms with Crippen LogP contribution in [-0.2, 0) is 30.4 Å². The van der Waals surface area contributed by atoms with Gasteiger partial charge in [0.15, 0.2) is 23.3 Å². The Labute approximate surface area is 296 Å². The van der Waals surface area contributed by atoms with Crippen LogP contribution in [0.3, 0.4) is 0 Å². The van der Waals surface area contributed by atoms with E-state index in [2.05, 4.69) is 30.6 Å². The van der Waals surface area contributed by atoms with Crippen molar-refractivity contribution in [2.45, 2.75) is 82.5 Å². The number of nitrogens with zero attached hydrogens (tertiary/aromatic N) is 5. The number of carbonyl (C=O) groups excluding carboxylic acids is 2. The summed E-state index contributed by atoms with van der Waals surface area (Å²) in [5.74, 6) is -4.29. The van der Waals surface area contributed by atoms with Crippen molar-refractivity contribution in [3.05, 3.63) is 41.7 Å². The minimum absolute atomic E-state index is 0.0721. The molecule has 1 aliphatic heterocycles. The molecule has 52 heavy (non-hydrogen) atoms. The van der Waals surface area contributed by atoms with E-state index < -0.39 is 79.6 Å². The number of carboxylic acids is 2. The second-order valence-electron chi connectivity index (χ2n) is 12.6. The van der Waals surface area contributed by atoms with Crippen molar-refractivity contribution in [2.24, 2.45) is 5.92 Å². The fraction of sp³-hybridized carbons (Fsp3) is 0.500. The van der Waals surface area contributed by atoms with Gasteiger partial charge in [0.2, 0.25) is 5.95 Å². The van der Waals surface area contributed by atoms with Gasteiger partial charge in [-0.1, -0.05) is 13.8 Å². The third-order valence-electron chi connectivity index (χ3n) is 8.06. The van der Waals surface area contributed by atoms with Crippen LogP contribution in [0, 0.1) is 5.92 Å². The number of carbonyl (C=O) groups is 4. The van der Waals surface area contributed by atoms with Crippen LogP contribution in [0.4, 0.5) is 17.5 Å². The van der Waals surface area contributed by atoms with Crippen LogP contribution in [0.2, 0.25) is 0 Å². The molecule has 0 spiro atoms. The zero-order chi connectivity index (χ0) is 38.3. The maximum Gasteiger partial charge on any atom is 0.326 e. The molecule has 3 aromatic rings. The number of aliphatic carboxylic acids is 2. The number of benzene rings is 1. The highest BCUT2D eigenvalue weighted by atomic mass is 16.7. The maximum atomic E-state index is 13.3. The van der Waals surface area contributed by atoms with E-state index in [1.54, 1.807) is 24.1 Å². The molecule has 1 fully saturated rings. The number of fused-ring (bicyclic) bond motifs is 1. The Kier molecular flexibility index (Phi) is 13.3. The molecule has 1 saturated heterocycles. The number of nitrogens with two attached hydrogens (primary N) is 1. The van der Waals surface area contributed by atoms with Crippen molar-refractivity contribution in [3.8, 4) is 0 Å². The zero-order valence-electron chi connectivity index (χ0n) is 28.5. The quantitative estimate of drug-likeness (QED) is 0.0840. The summed E-state index contributed by atoms with van der Waals surface area (Å²) < 4.78 is 11.1. The minimum Gasteiger partial charge on any atom is -0.481 e. The average Bonchev–Trinajstić information content (AvgIpc) is 3.09. The van der Waals surface area contributed by atoms with Gasteiger partial charge in [-0.25, -0.2) is 14.8 Å². The van der Waals surface area contributed by atoms with Gasteiger partial charge in [0.1, 0.15) is 36.6 Å². The number of anilines is 3. The second kappa shape index (κ2) is 17.4. The number of amides is 2. The Balaban J connectivity index is 1.42. The summed E-state index contributed by atoms with van der Waals surface area (Å²) >= 11 is 0. The van der Waals surface area contributed by atoms with Crippen molar-refractivity contribution in [1.82, 2.24) is 25.3 Å². The van der Waals surface area contributed by atoms with Crippen molar-refractivity contribution >= 4 is 52.4 Å². The number of carboxylic acid groups (broad SMARTS) is 2. The van der Waals surface area contributed by atoms with Gasteiger partial charge < -0.3 is 56.1 Å². The largest absolute Gasteiger partial charge is 0.481 e. The molecule has 10 N–H and O–H groups in total. The molecular weight excluding hydrogens is 688 g/mol. The summed E-state index contributed by atoms with van der Waals surface area (Å²) in [7, 11) is 1.76. The monoisotopic (exact) mass is 730 g/mol. The first-order chi connectivity index (χ1) is 24.6. The van der Waals surface area contributed by atoms with Gasteiger partial charge in [-0.2, -0.15) is 9.97 Å². The summed E-state index contributed by atoms with van der Waals surface area (Å²) in [6, 6.07) is 4.90. The number of hydrogen-bond acceptors (Lipinski definition) is 16. The van der Waals surface area contributed by atoms with Crippen LogP contribution < -0.4 is 21.3 Å². The molecule has 1 aromatic carbocycles. The normalized spacial score (nSPS) is 21.3. The molecule has 1 aliphatic rings. The molecule has 0 unspecified atom stereocenters. The van der Waals surface area contributed by atoms with E-state index in [9.17, 15) is 44.7 Å². The van der Waals surface area contributed by atoms with E-state index in [0.29, 0.717) is 11.4 Å². The molecule has 4 rings (SSSR count). The third-order valence-corrected chi connectivity index (χ3v) is 8.06. The van der Waals surface area contributed by atoms with Gasteiger partial charge >= 0.3 is 11.9 Å². The van der Waals surface area contributed by atoms with Crippen LogP contribution >= 0.6 is 0 Å². The zero-order valence-corrected chi connectivity index (χ0v) is 28.5. The van der Waals surface area contributed by atoms with E-state index >= 15 is 0 Å². The predicted molar refractivity (Wildman–Crippen MR) is 181 cm³/mol. The summed E-state index contributed by atoms with van der Waals surface area (Å²) in [6.45, 7) is 3.22. The fourth-order valence-electron chi connectivity index (χ4n) is 5.25. The van der Waals surface area contributed by atoms with Crippen LogP contribution in [-0.4, -0.2) is 131 Å². The van der Waals surface area contributed by atoms with E-state index in [4.69, 9.17) is 20.3 Å². The molecule has 20 nitrogen and oxygen atoms in total. The number of nitrogen functional groups attached to an aromatic ring is 1. The van der Waals surface area contributed by atoms with Crippen molar-refractivity contribution in [3.63, 3.8) is 0 Å². The third kappa shape index (κ3) is 10.0. The number of ether oxygens (including phenoxy) is 2. The summed E-state index contributed by atoms with van der Waals surface area (Å²) in [4.78, 5) is 67.1. The highest BCUT2D eigenvalue weighted by molar-refractivity contribution is 5.97. The van der Waals surface area contributed by atoms with Gasteiger partial charge in [-0.15, -0.1) is 0 Å². The van der Waals surface area contributed by atoms with Crippen molar-refractivity contribution in [1.29, 1.82) is 0 Å². The van der Waals surface area contributed by atoms with Gasteiger partial charge in [-0.05, 0) is 43.0 Å². The Bertz CT molecular complexity index is 1740. The number of aliphatic hydroxyl groups excluding tert-OH is 4. The summed E-state index contributed by atoms with van der Waals surface area (Å²) in [5, 5.41) is 63.0. The molecule has 0 saturated carbocycles. The van der Waals surface area contributed by atoms with E-state index in [1.165, 1.54) is 18.3 Å². The molecule has 7 atom stereocenters. The number of aromatic nitrogens is 4. The summed E-state index contributed by atoms with van der Waals surface area (Å²) in [5.41, 5.74) is 7.72. The fourth-order valence-corrected chi connectivity index (χ4v) is 5.25. The van der Waals surface area contributed by atoms with E-state index in [1.807, 2.05) is 13.8 Å². The number of rotatable bonds is 16. The minimum atomic E-state index is -1.71. The molecule has 0 radical (unpaired) electrons. The topological polar surface area (TPSA) is 313 Å². The molecule has 3 heterocycles. The maximum absolute atomic E-state index is 13.3. The Morgan fingerprint density at radius 3 is 2.33 bits per heavy atom. The van der Waals surface area contributed by atoms with Gasteiger partial charge in [0, 0.05) is 24.7 Å². The van der Waals surface area contributed by atoms with E-state index in [-0.39, 0.29) is 53.8 Å². The van der Waals surface area contributed by atoms with Crippen LogP contribution in [0.15, 0.2) is 30.5 Å². The Morgan fingerprint density at radius 1 is 1.02 bits per heavy atom. The molecule has 20 heteroatoms. The molecular formula is C32H42N8O12. The van der Waals surface area contributed by atoms with E-state index in [0.717, 1.165) is 0 Å². The first-order valence-electron chi connectivity index (χ1n) is 16.2. The average molecular weight is 731 g/mol. The first kappa shape index (κ1) is 39.7. The van der Waals surface area contributed by atoms with Crippen molar-refractivity contribution < 1.29 is 59.3 Å². The highest BCUT2D eigenvalue weighted by Crippen LogP contribution is 2.25. The molecule has 2 aromatic heterocycles. The van der Waals surface area contributed by atoms with Crippen molar-refractivity contribution in [2.75, 3.05) is 29.6 Å². The first-order valence-corrected chi connectivity index (χ1v) is 16.2. The number of hydrogen-bond donors (Lipinski definition) is 9. The lowest BCUT2D eigenvalue weighted by molar-refractivity contribution is -0.309. The smallest absolute Gasteiger partial charge is 0.326 e. The van der Waals surface area contributed by atoms with Crippen LogP contribution in [0.25, 0.3) is 11.2 Å². The Hall–Kier alpha value is -5.12. The Morgan fingerprint density at radius 2 is 1.71 bits per heavy atom. The lowest BCUT2D eigenvalue weighted by Crippen LogP contribution is -2.60. The second-order valence-corrected chi connectivity index (χ2v) is 12.6. The summed E-state index contributed by atoms with van der Waals surface area (Å²) in [6.07, 6.45) is -8.08. The van der Waals surface area contributed by atoms with Crippen LogP contribution in [0.5, 0.6) is 0 Å². The lowest BCUT2D eigenvalue weighted by Gasteiger charge is -2.40. The molecule has 0 bridgehead atoms. The highest BCUT2D eigenvalue weighted by Gasteiger charge is 2.45. The molecule has 282 valence electrons. The van der Waals surface area contributed by atoms with Crippen LogP contribution in [0.1, 0.15) is 49.2 Å². The SMILES string of the molecule is CC(C)C[C@H](O[C@@H]1O[C@H](CO)[C@@H](O)[C@H](O)[C@H]1O)C(=O)Nc1nc(N)c2nc(CN(C)c3ccc(C(=O)N[C@@H](CCC(=O)O)C(=O)O)cc3)cnc2n1. The van der Waals surface area contributed by atoms with Gasteiger partial charge in [0.25, 0.3) is 11.8 Å². The standard InChI is InChI=1S/C32H42N8O12/c1-14(2)10-19(51-31-25(46)24(45)23(44)20(13-41)52-31)29(48)39-32-37-26(33)22-27(38-32)34-11-16(35-22)12-40(3)17-6-4-15(5-7-17)28(47)36-18(30(49)50)8-9-21(42)43/h4-7,11,14,18-20,23-25,31,41,44-46H,8-10,12-13H2,1-3H3,(H,36,47)(H,42,43)(H,49,50)(H3,33,34,37,38,39,48)/t18-,19-,20+,23+,24-,25+,31+/m0/s1. The van der Waals surface area contributed by atoms with Gasteiger partial charge in [0.05, 0.1) is 25.0 Å². The lowest BCUT2D eigenvalue weighted by atomic mass is 9.99. The molecule has 0 aliphatic carbocycles. The van der Waals surface area contributed by atoms with Gasteiger partial charge in [-0.3, -0.25) is 19.7 Å². The number of nitrogens with one attached hydrogen (secondary N) is 2. The predicted octanol–water partition coefficient (Wildman–Crippen LogP) is -1.14.